The van der Waals surface area contributed by atoms with Gasteiger partial charge in [-0.1, -0.05) is 11.6 Å². The van der Waals surface area contributed by atoms with Gasteiger partial charge in [-0.2, -0.15) is 0 Å². The summed E-state index contributed by atoms with van der Waals surface area (Å²) in [6.45, 7) is 10.4. The molecule has 0 radical (unpaired) electrons. The molecule has 0 aliphatic rings. The largest absolute Gasteiger partial charge is 0.490 e. The van der Waals surface area contributed by atoms with Crippen LogP contribution >= 0.6 is 11.6 Å². The van der Waals surface area contributed by atoms with Gasteiger partial charge in [-0.15, -0.1) is 0 Å². The zero-order valence-corrected chi connectivity index (χ0v) is 23.1. The van der Waals surface area contributed by atoms with E-state index in [1.807, 2.05) is 34.6 Å². The first-order chi connectivity index (χ1) is 18.7. The number of halogens is 1. The molecule has 0 aliphatic heterocycles. The first-order valence-corrected chi connectivity index (χ1v) is 12.9. The molecule has 9 heteroatoms. The van der Waals surface area contributed by atoms with Crippen LogP contribution in [-0.2, 0) is 0 Å². The standard InChI is InChI=1S/C30H29ClO8/c1-6-34-24-13-19(14-25(35-7-2)29(24)36-8-3)30(33)39-20-9-10-22-23(15-20)37-16-26(28(22)32)38-21-11-17(4)27(31)18(5)12-21/h9-16H,6-8H2,1-5H3. The molecule has 0 saturated heterocycles. The molecule has 0 saturated carbocycles. The predicted octanol–water partition coefficient (Wildman–Crippen LogP) is 7.27. The second-order valence-corrected chi connectivity index (χ2v) is 8.93. The molecule has 0 unspecified atom stereocenters. The van der Waals surface area contributed by atoms with Gasteiger partial charge < -0.3 is 28.1 Å². The van der Waals surface area contributed by atoms with Crippen molar-refractivity contribution in [1.29, 1.82) is 0 Å². The molecule has 0 amide bonds. The highest BCUT2D eigenvalue weighted by molar-refractivity contribution is 6.32. The van der Waals surface area contributed by atoms with Crippen LogP contribution in [0.2, 0.25) is 5.02 Å². The van der Waals surface area contributed by atoms with Crippen molar-refractivity contribution in [2.45, 2.75) is 34.6 Å². The van der Waals surface area contributed by atoms with Crippen molar-refractivity contribution < 1.29 is 32.9 Å². The van der Waals surface area contributed by atoms with Crippen LogP contribution in [0.25, 0.3) is 11.0 Å². The van der Waals surface area contributed by atoms with Gasteiger partial charge in [0.15, 0.2) is 11.5 Å². The Morgan fingerprint density at radius 3 is 2.03 bits per heavy atom. The van der Waals surface area contributed by atoms with E-state index in [0.29, 0.717) is 47.8 Å². The van der Waals surface area contributed by atoms with E-state index in [4.69, 9.17) is 39.7 Å². The van der Waals surface area contributed by atoms with Crippen LogP contribution in [0.3, 0.4) is 0 Å². The van der Waals surface area contributed by atoms with Crippen LogP contribution in [0, 0.1) is 13.8 Å². The number of ether oxygens (including phenoxy) is 5. The summed E-state index contributed by atoms with van der Waals surface area (Å²) in [5, 5.41) is 0.913. The minimum Gasteiger partial charge on any atom is -0.490 e. The van der Waals surface area contributed by atoms with Crippen molar-refractivity contribution in [2.75, 3.05) is 19.8 Å². The van der Waals surface area contributed by atoms with Gasteiger partial charge in [-0.05, 0) is 82.1 Å². The molecule has 0 aliphatic carbocycles. The van der Waals surface area contributed by atoms with Gasteiger partial charge in [0.25, 0.3) is 0 Å². The third-order valence-corrected chi connectivity index (χ3v) is 6.30. The topological polar surface area (TPSA) is 93.4 Å². The van der Waals surface area contributed by atoms with E-state index in [-0.39, 0.29) is 33.5 Å². The summed E-state index contributed by atoms with van der Waals surface area (Å²) < 4.78 is 34.1. The molecule has 0 bridgehead atoms. The maximum Gasteiger partial charge on any atom is 0.343 e. The van der Waals surface area contributed by atoms with E-state index in [2.05, 4.69) is 0 Å². The van der Waals surface area contributed by atoms with Crippen molar-refractivity contribution in [3.8, 4) is 34.5 Å². The maximum absolute atomic E-state index is 13.0. The highest BCUT2D eigenvalue weighted by Gasteiger charge is 2.20. The average molecular weight is 553 g/mol. The van der Waals surface area contributed by atoms with Gasteiger partial charge in [0.1, 0.15) is 23.3 Å². The quantitative estimate of drug-likeness (QED) is 0.150. The molecule has 0 spiro atoms. The van der Waals surface area contributed by atoms with E-state index in [0.717, 1.165) is 11.1 Å². The number of hydrogen-bond acceptors (Lipinski definition) is 8. The summed E-state index contributed by atoms with van der Waals surface area (Å²) in [5.41, 5.74) is 1.74. The predicted molar refractivity (Wildman–Crippen MR) is 148 cm³/mol. The summed E-state index contributed by atoms with van der Waals surface area (Å²) >= 11 is 6.23. The number of benzene rings is 3. The lowest BCUT2D eigenvalue weighted by molar-refractivity contribution is 0.0733. The van der Waals surface area contributed by atoms with E-state index < -0.39 is 5.97 Å². The summed E-state index contributed by atoms with van der Waals surface area (Å²) in [7, 11) is 0. The smallest absolute Gasteiger partial charge is 0.343 e. The number of fused-ring (bicyclic) bond motifs is 1. The fourth-order valence-corrected chi connectivity index (χ4v) is 4.10. The van der Waals surface area contributed by atoms with Gasteiger partial charge >= 0.3 is 5.97 Å². The molecular weight excluding hydrogens is 524 g/mol. The number of carbonyl (C=O) groups is 1. The summed E-state index contributed by atoms with van der Waals surface area (Å²) in [6, 6.07) is 11.1. The van der Waals surface area contributed by atoms with Gasteiger partial charge in [0.05, 0.1) is 30.8 Å². The van der Waals surface area contributed by atoms with Gasteiger partial charge in [0, 0.05) is 11.1 Å². The minimum absolute atomic E-state index is 0.0228. The number of rotatable bonds is 10. The molecule has 4 rings (SSSR count). The van der Waals surface area contributed by atoms with Crippen molar-refractivity contribution >= 4 is 28.5 Å². The Balaban J connectivity index is 1.60. The Kier molecular flexibility index (Phi) is 8.66. The Bertz CT molecular complexity index is 1520. The Morgan fingerprint density at radius 2 is 1.44 bits per heavy atom. The van der Waals surface area contributed by atoms with Crippen molar-refractivity contribution in [1.82, 2.24) is 0 Å². The molecule has 39 heavy (non-hydrogen) atoms. The number of hydrogen-bond donors (Lipinski definition) is 0. The molecule has 0 fully saturated rings. The van der Waals surface area contributed by atoms with Crippen LogP contribution in [0.15, 0.2) is 57.9 Å². The fraction of sp³-hybridized carbons (Fsp3) is 0.267. The molecule has 1 aromatic heterocycles. The molecule has 0 N–H and O–H groups in total. The highest BCUT2D eigenvalue weighted by Crippen LogP contribution is 2.39. The number of aryl methyl sites for hydroxylation is 2. The van der Waals surface area contributed by atoms with Gasteiger partial charge in [0.2, 0.25) is 16.9 Å². The number of esters is 1. The summed E-state index contributed by atoms with van der Waals surface area (Å²) in [4.78, 5) is 26.1. The normalized spacial score (nSPS) is 10.8. The summed E-state index contributed by atoms with van der Waals surface area (Å²) in [6.07, 6.45) is 1.23. The summed E-state index contributed by atoms with van der Waals surface area (Å²) in [5.74, 6) is 1.22. The lowest BCUT2D eigenvalue weighted by atomic mass is 10.1. The third kappa shape index (κ3) is 6.12. The SMILES string of the molecule is CCOc1cc(C(=O)Oc2ccc3c(=O)c(Oc4cc(C)c(Cl)c(C)c4)coc3c2)cc(OCC)c1OCC. The van der Waals surface area contributed by atoms with Crippen LogP contribution in [0.4, 0.5) is 0 Å². The van der Waals surface area contributed by atoms with E-state index in [1.165, 1.54) is 24.5 Å². The van der Waals surface area contributed by atoms with E-state index in [9.17, 15) is 9.59 Å². The minimum atomic E-state index is -0.643. The molecule has 8 nitrogen and oxygen atoms in total. The van der Waals surface area contributed by atoms with Crippen LogP contribution in [-0.4, -0.2) is 25.8 Å². The van der Waals surface area contributed by atoms with Crippen molar-refractivity contribution in [2.24, 2.45) is 0 Å². The van der Waals surface area contributed by atoms with Crippen molar-refractivity contribution in [3.63, 3.8) is 0 Å². The van der Waals surface area contributed by atoms with E-state index in [1.54, 1.807) is 24.3 Å². The third-order valence-electron chi connectivity index (χ3n) is 5.71. The van der Waals surface area contributed by atoms with Crippen LogP contribution in [0.1, 0.15) is 42.3 Å². The molecular formula is C30H29ClO8. The lowest BCUT2D eigenvalue weighted by Gasteiger charge is -2.16. The molecule has 3 aromatic carbocycles. The fourth-order valence-electron chi connectivity index (χ4n) is 3.99. The Hall–Kier alpha value is -4.17. The molecule has 0 atom stereocenters. The Labute approximate surface area is 231 Å². The average Bonchev–Trinajstić information content (AvgIpc) is 2.90. The zero-order valence-electron chi connectivity index (χ0n) is 22.4. The first-order valence-electron chi connectivity index (χ1n) is 12.5. The zero-order chi connectivity index (χ0) is 28.1. The number of carbonyl (C=O) groups excluding carboxylic acids is 1. The monoisotopic (exact) mass is 552 g/mol. The molecule has 4 aromatic rings. The van der Waals surface area contributed by atoms with Gasteiger partial charge in [-0.25, -0.2) is 4.79 Å². The molecule has 204 valence electrons. The van der Waals surface area contributed by atoms with Gasteiger partial charge in [-0.3, -0.25) is 4.79 Å². The second kappa shape index (κ2) is 12.1. The first kappa shape index (κ1) is 27.9. The second-order valence-electron chi connectivity index (χ2n) is 8.55. The Morgan fingerprint density at radius 1 is 0.821 bits per heavy atom. The lowest BCUT2D eigenvalue weighted by Crippen LogP contribution is -2.11. The van der Waals surface area contributed by atoms with Crippen LogP contribution in [0.5, 0.6) is 34.5 Å². The van der Waals surface area contributed by atoms with E-state index >= 15 is 0 Å². The highest BCUT2D eigenvalue weighted by atomic mass is 35.5. The van der Waals surface area contributed by atoms with Crippen molar-refractivity contribution in [3.05, 3.63) is 80.7 Å². The maximum atomic E-state index is 13.0. The van der Waals surface area contributed by atoms with Crippen LogP contribution < -0.4 is 29.1 Å². The molecule has 1 heterocycles.